The van der Waals surface area contributed by atoms with Crippen molar-refractivity contribution in [3.8, 4) is 5.75 Å². The Bertz CT molecular complexity index is 435. The van der Waals surface area contributed by atoms with Gasteiger partial charge in [-0.05, 0) is 24.7 Å². The Balaban J connectivity index is 1.86. The Morgan fingerprint density at radius 1 is 1.58 bits per heavy atom. The van der Waals surface area contributed by atoms with Crippen molar-refractivity contribution in [2.24, 2.45) is 0 Å². The van der Waals surface area contributed by atoms with Crippen molar-refractivity contribution >= 4 is 5.97 Å². The molecule has 0 bridgehead atoms. The molecule has 1 N–H and O–H groups in total. The maximum atomic E-state index is 10.7. The minimum atomic E-state index is -0.839. The summed E-state index contributed by atoms with van der Waals surface area (Å²) in [7, 11) is 2.06. The van der Waals surface area contributed by atoms with Crippen LogP contribution in [0.5, 0.6) is 5.75 Å². The van der Waals surface area contributed by atoms with Gasteiger partial charge >= 0.3 is 5.97 Å². The molecule has 0 saturated carbocycles. The lowest BCUT2D eigenvalue weighted by Gasteiger charge is -2.29. The Kier molecular flexibility index (Phi) is 4.76. The number of likely N-dealkylation sites (N-methyl/N-ethyl adjacent to an activating group) is 1. The maximum Gasteiger partial charge on any atom is 0.307 e. The molecular weight excluding hydrogens is 246 g/mol. The first-order valence-electron chi connectivity index (χ1n) is 6.37. The molecule has 0 spiro atoms. The van der Waals surface area contributed by atoms with E-state index < -0.39 is 5.97 Å². The third kappa shape index (κ3) is 4.54. The molecule has 19 heavy (non-hydrogen) atoms. The van der Waals surface area contributed by atoms with Crippen LogP contribution in [0.25, 0.3) is 0 Å². The van der Waals surface area contributed by atoms with Gasteiger partial charge in [-0.3, -0.25) is 4.79 Å². The first kappa shape index (κ1) is 13.8. The fourth-order valence-electron chi connectivity index (χ4n) is 2.08. The van der Waals surface area contributed by atoms with Gasteiger partial charge in [0.25, 0.3) is 0 Å². The number of carboxylic acids is 1. The van der Waals surface area contributed by atoms with Crippen molar-refractivity contribution in [2.75, 3.05) is 33.4 Å². The summed E-state index contributed by atoms with van der Waals surface area (Å²) in [4.78, 5) is 12.9. The van der Waals surface area contributed by atoms with Crippen LogP contribution in [-0.2, 0) is 16.0 Å². The molecule has 2 rings (SSSR count). The van der Waals surface area contributed by atoms with Crippen molar-refractivity contribution in [2.45, 2.75) is 12.5 Å². The van der Waals surface area contributed by atoms with Gasteiger partial charge in [-0.2, -0.15) is 0 Å². The Hall–Kier alpha value is -1.59. The van der Waals surface area contributed by atoms with Gasteiger partial charge in [0, 0.05) is 13.1 Å². The third-order valence-corrected chi connectivity index (χ3v) is 3.03. The first-order chi connectivity index (χ1) is 9.13. The number of hydrogen-bond donors (Lipinski definition) is 1. The standard InChI is InChI=1S/C14H19NO4/c1-15-5-6-18-13(9-15)10-19-12-4-2-3-11(7-12)8-14(16)17/h2-4,7,13H,5-6,8-10H2,1H3,(H,16,17). The van der Waals surface area contributed by atoms with Crippen LogP contribution < -0.4 is 4.74 Å². The zero-order chi connectivity index (χ0) is 13.7. The molecule has 1 fully saturated rings. The van der Waals surface area contributed by atoms with E-state index in [-0.39, 0.29) is 12.5 Å². The Labute approximate surface area is 112 Å². The van der Waals surface area contributed by atoms with Crippen LogP contribution in [-0.4, -0.2) is 55.4 Å². The quantitative estimate of drug-likeness (QED) is 0.861. The van der Waals surface area contributed by atoms with Crippen molar-refractivity contribution in [3.63, 3.8) is 0 Å². The smallest absolute Gasteiger partial charge is 0.307 e. The predicted molar refractivity (Wildman–Crippen MR) is 70.5 cm³/mol. The summed E-state index contributed by atoms with van der Waals surface area (Å²) < 4.78 is 11.3. The largest absolute Gasteiger partial charge is 0.491 e. The van der Waals surface area contributed by atoms with E-state index in [9.17, 15) is 4.79 Å². The molecule has 0 aliphatic carbocycles. The molecular formula is C14H19NO4. The van der Waals surface area contributed by atoms with Crippen LogP contribution in [0, 0.1) is 0 Å². The second kappa shape index (κ2) is 6.54. The van der Waals surface area contributed by atoms with E-state index >= 15 is 0 Å². The van der Waals surface area contributed by atoms with E-state index in [1.165, 1.54) is 0 Å². The van der Waals surface area contributed by atoms with E-state index in [2.05, 4.69) is 11.9 Å². The number of nitrogens with zero attached hydrogens (tertiary/aromatic N) is 1. The van der Waals surface area contributed by atoms with Gasteiger partial charge in [0.1, 0.15) is 18.5 Å². The summed E-state index contributed by atoms with van der Waals surface area (Å²) in [6.07, 6.45) is 0.0849. The lowest BCUT2D eigenvalue weighted by molar-refractivity contribution is -0.136. The van der Waals surface area contributed by atoms with Crippen LogP contribution in [0.2, 0.25) is 0 Å². The average Bonchev–Trinajstić information content (AvgIpc) is 2.36. The summed E-state index contributed by atoms with van der Waals surface area (Å²) >= 11 is 0. The number of ether oxygens (including phenoxy) is 2. The van der Waals surface area contributed by atoms with E-state index in [4.69, 9.17) is 14.6 Å². The molecule has 1 aliphatic heterocycles. The third-order valence-electron chi connectivity index (χ3n) is 3.03. The van der Waals surface area contributed by atoms with Crippen LogP contribution in [0.15, 0.2) is 24.3 Å². The molecule has 1 saturated heterocycles. The van der Waals surface area contributed by atoms with Crippen LogP contribution in [0.3, 0.4) is 0 Å². The van der Waals surface area contributed by atoms with Crippen LogP contribution in [0.4, 0.5) is 0 Å². The molecule has 0 aromatic heterocycles. The monoisotopic (exact) mass is 265 g/mol. The zero-order valence-corrected chi connectivity index (χ0v) is 11.0. The summed E-state index contributed by atoms with van der Waals surface area (Å²) in [5.74, 6) is -0.148. The maximum absolute atomic E-state index is 10.7. The number of carbonyl (C=O) groups is 1. The number of carboxylic acid groups (broad SMARTS) is 1. The van der Waals surface area contributed by atoms with Crippen LogP contribution >= 0.6 is 0 Å². The highest BCUT2D eigenvalue weighted by molar-refractivity contribution is 5.70. The molecule has 0 amide bonds. The number of morpholine rings is 1. The normalized spacial score (nSPS) is 20.2. The van der Waals surface area contributed by atoms with Gasteiger partial charge in [0.15, 0.2) is 0 Å². The van der Waals surface area contributed by atoms with Crippen molar-refractivity contribution in [3.05, 3.63) is 29.8 Å². The predicted octanol–water partition coefficient (Wildman–Crippen LogP) is 1.02. The lowest BCUT2D eigenvalue weighted by atomic mass is 10.1. The first-order valence-corrected chi connectivity index (χ1v) is 6.37. The van der Waals surface area contributed by atoms with E-state index in [1.807, 2.05) is 12.1 Å². The second-order valence-electron chi connectivity index (χ2n) is 4.78. The SMILES string of the molecule is CN1CCOC(COc2cccc(CC(=O)O)c2)C1. The topological polar surface area (TPSA) is 59.0 Å². The van der Waals surface area contributed by atoms with Crippen LogP contribution in [0.1, 0.15) is 5.56 Å². The minimum absolute atomic E-state index is 0.0138. The molecule has 1 atom stereocenters. The Morgan fingerprint density at radius 2 is 2.42 bits per heavy atom. The van der Waals surface area contributed by atoms with E-state index in [0.717, 1.165) is 25.3 Å². The van der Waals surface area contributed by atoms with Gasteiger partial charge in [-0.1, -0.05) is 12.1 Å². The Morgan fingerprint density at radius 3 is 3.16 bits per heavy atom. The number of rotatable bonds is 5. The van der Waals surface area contributed by atoms with Gasteiger partial charge < -0.3 is 19.5 Å². The molecule has 1 unspecified atom stereocenters. The van der Waals surface area contributed by atoms with Crippen molar-refractivity contribution < 1.29 is 19.4 Å². The van der Waals surface area contributed by atoms with Gasteiger partial charge in [-0.15, -0.1) is 0 Å². The lowest BCUT2D eigenvalue weighted by Crippen LogP contribution is -2.42. The molecule has 1 aliphatic rings. The summed E-state index contributed by atoms with van der Waals surface area (Å²) in [6, 6.07) is 7.19. The molecule has 1 aromatic carbocycles. The van der Waals surface area contributed by atoms with Gasteiger partial charge in [-0.25, -0.2) is 0 Å². The molecule has 1 aromatic rings. The van der Waals surface area contributed by atoms with Gasteiger partial charge in [0.2, 0.25) is 0 Å². The second-order valence-corrected chi connectivity index (χ2v) is 4.78. The highest BCUT2D eigenvalue weighted by Gasteiger charge is 2.18. The highest BCUT2D eigenvalue weighted by Crippen LogP contribution is 2.15. The van der Waals surface area contributed by atoms with E-state index in [1.54, 1.807) is 12.1 Å². The van der Waals surface area contributed by atoms with Gasteiger partial charge in [0.05, 0.1) is 13.0 Å². The zero-order valence-electron chi connectivity index (χ0n) is 11.0. The van der Waals surface area contributed by atoms with Crippen molar-refractivity contribution in [1.29, 1.82) is 0 Å². The number of benzene rings is 1. The summed E-state index contributed by atoms with van der Waals surface area (Å²) in [5, 5.41) is 8.75. The molecule has 0 radical (unpaired) electrons. The summed E-state index contributed by atoms with van der Waals surface area (Å²) in [6.45, 7) is 3.02. The minimum Gasteiger partial charge on any atom is -0.491 e. The van der Waals surface area contributed by atoms with E-state index in [0.29, 0.717) is 12.4 Å². The fourth-order valence-corrected chi connectivity index (χ4v) is 2.08. The molecule has 1 heterocycles. The summed E-state index contributed by atoms with van der Waals surface area (Å²) in [5.41, 5.74) is 0.742. The molecule has 104 valence electrons. The molecule has 5 heteroatoms. The highest BCUT2D eigenvalue weighted by atomic mass is 16.5. The van der Waals surface area contributed by atoms with Crippen molar-refractivity contribution in [1.82, 2.24) is 4.90 Å². The average molecular weight is 265 g/mol. The number of hydrogen-bond acceptors (Lipinski definition) is 4. The number of aliphatic carboxylic acids is 1. The fraction of sp³-hybridized carbons (Fsp3) is 0.500. The molecule has 5 nitrogen and oxygen atoms in total.